The molecule has 2 rings (SSSR count). The number of nitriles is 1. The highest BCUT2D eigenvalue weighted by atomic mass is 15.3. The molecule has 0 radical (unpaired) electrons. The first-order valence-electron chi connectivity index (χ1n) is 5.26. The van der Waals surface area contributed by atoms with Gasteiger partial charge in [0.05, 0.1) is 23.6 Å². The first kappa shape index (κ1) is 11.1. The Morgan fingerprint density at radius 3 is 2.82 bits per heavy atom. The molecule has 0 saturated heterocycles. The molecule has 5 heteroatoms. The molecule has 0 bridgehead atoms. The maximum absolute atomic E-state index is 8.78. The summed E-state index contributed by atoms with van der Waals surface area (Å²) in [4.78, 5) is 3.93. The molecule has 0 unspecified atom stereocenters. The second kappa shape index (κ2) is 4.26. The Morgan fingerprint density at radius 1 is 1.47 bits per heavy atom. The third-order valence-electron chi connectivity index (χ3n) is 2.71. The molecule has 0 amide bonds. The van der Waals surface area contributed by atoms with Gasteiger partial charge in [-0.3, -0.25) is 4.68 Å². The van der Waals surface area contributed by atoms with Crippen LogP contribution in [0.25, 0.3) is 0 Å². The summed E-state index contributed by atoms with van der Waals surface area (Å²) in [5, 5.41) is 13.1. The van der Waals surface area contributed by atoms with Crippen molar-refractivity contribution in [2.45, 2.75) is 20.4 Å². The molecule has 2 aromatic heterocycles. The van der Waals surface area contributed by atoms with E-state index in [0.29, 0.717) is 12.2 Å². The largest absolute Gasteiger partial charge is 0.396 e. The minimum Gasteiger partial charge on any atom is -0.396 e. The lowest BCUT2D eigenvalue weighted by Crippen LogP contribution is -2.05. The lowest BCUT2D eigenvalue weighted by atomic mass is 10.2. The van der Waals surface area contributed by atoms with E-state index in [9.17, 15) is 0 Å². The quantitative estimate of drug-likeness (QED) is 0.840. The number of hydrogen-bond acceptors (Lipinski definition) is 4. The lowest BCUT2D eigenvalue weighted by molar-refractivity contribution is 0.658. The average molecular weight is 227 g/mol. The Labute approximate surface area is 99.5 Å². The van der Waals surface area contributed by atoms with Crippen molar-refractivity contribution in [2.75, 3.05) is 5.73 Å². The fraction of sp³-hybridized carbons (Fsp3) is 0.250. The van der Waals surface area contributed by atoms with E-state index in [1.165, 1.54) is 0 Å². The van der Waals surface area contributed by atoms with E-state index in [2.05, 4.69) is 10.1 Å². The molecule has 0 spiro atoms. The van der Waals surface area contributed by atoms with E-state index in [1.807, 2.05) is 30.7 Å². The van der Waals surface area contributed by atoms with Crippen molar-refractivity contribution in [2.24, 2.45) is 0 Å². The van der Waals surface area contributed by atoms with Crippen molar-refractivity contribution in [1.29, 1.82) is 5.26 Å². The van der Waals surface area contributed by atoms with Crippen molar-refractivity contribution in [3.05, 3.63) is 41.0 Å². The predicted molar refractivity (Wildman–Crippen MR) is 64.2 cm³/mol. The molecule has 0 saturated carbocycles. The predicted octanol–water partition coefficient (Wildman–Crippen LogP) is 1.40. The van der Waals surface area contributed by atoms with Crippen LogP contribution in [0, 0.1) is 25.2 Å². The zero-order valence-corrected chi connectivity index (χ0v) is 9.81. The van der Waals surface area contributed by atoms with Gasteiger partial charge in [0, 0.05) is 6.20 Å². The number of anilines is 1. The van der Waals surface area contributed by atoms with Crippen LogP contribution in [0.3, 0.4) is 0 Å². The fourth-order valence-corrected chi connectivity index (χ4v) is 1.67. The SMILES string of the molecule is Cc1nn(Cc2ccnc(C#N)c2)c(C)c1N. The summed E-state index contributed by atoms with van der Waals surface area (Å²) in [5.41, 5.74) is 9.76. The highest BCUT2D eigenvalue weighted by Crippen LogP contribution is 2.16. The fourth-order valence-electron chi connectivity index (χ4n) is 1.67. The minimum absolute atomic E-state index is 0.414. The second-order valence-electron chi connectivity index (χ2n) is 3.90. The van der Waals surface area contributed by atoms with Gasteiger partial charge >= 0.3 is 0 Å². The Balaban J connectivity index is 2.32. The highest BCUT2D eigenvalue weighted by molar-refractivity contribution is 5.47. The molecule has 17 heavy (non-hydrogen) atoms. The molecule has 86 valence electrons. The first-order chi connectivity index (χ1) is 8.11. The van der Waals surface area contributed by atoms with E-state index < -0.39 is 0 Å². The molecule has 2 aromatic rings. The topological polar surface area (TPSA) is 80.5 Å². The smallest absolute Gasteiger partial charge is 0.140 e. The molecule has 0 atom stereocenters. The summed E-state index contributed by atoms with van der Waals surface area (Å²) in [5.74, 6) is 0. The maximum Gasteiger partial charge on any atom is 0.140 e. The second-order valence-corrected chi connectivity index (χ2v) is 3.90. The average Bonchev–Trinajstić information content (AvgIpc) is 2.57. The van der Waals surface area contributed by atoms with Gasteiger partial charge in [0.25, 0.3) is 0 Å². The van der Waals surface area contributed by atoms with Crippen LogP contribution in [0.4, 0.5) is 5.69 Å². The number of hydrogen-bond donors (Lipinski definition) is 1. The Hall–Kier alpha value is -2.35. The monoisotopic (exact) mass is 227 g/mol. The van der Waals surface area contributed by atoms with Crippen LogP contribution in [-0.4, -0.2) is 14.8 Å². The van der Waals surface area contributed by atoms with Gasteiger partial charge in [0.1, 0.15) is 11.8 Å². The van der Waals surface area contributed by atoms with Crippen LogP contribution in [0.15, 0.2) is 18.3 Å². The molecule has 0 fully saturated rings. The van der Waals surface area contributed by atoms with Gasteiger partial charge in [-0.05, 0) is 31.5 Å². The first-order valence-corrected chi connectivity index (χ1v) is 5.26. The van der Waals surface area contributed by atoms with Crippen LogP contribution in [0.2, 0.25) is 0 Å². The maximum atomic E-state index is 8.78. The van der Waals surface area contributed by atoms with E-state index in [1.54, 1.807) is 12.3 Å². The van der Waals surface area contributed by atoms with Crippen LogP contribution in [0.5, 0.6) is 0 Å². The van der Waals surface area contributed by atoms with Crippen molar-refractivity contribution in [3.63, 3.8) is 0 Å². The Bertz CT molecular complexity index is 591. The van der Waals surface area contributed by atoms with E-state index in [4.69, 9.17) is 11.0 Å². The summed E-state index contributed by atoms with van der Waals surface area (Å²) >= 11 is 0. The number of pyridine rings is 1. The number of nitrogens with two attached hydrogens (primary N) is 1. The van der Waals surface area contributed by atoms with Gasteiger partial charge < -0.3 is 5.73 Å². The molecule has 0 aromatic carbocycles. The normalized spacial score (nSPS) is 10.2. The molecule has 2 N–H and O–H groups in total. The van der Waals surface area contributed by atoms with Gasteiger partial charge in [0.2, 0.25) is 0 Å². The number of aryl methyl sites for hydroxylation is 1. The standard InChI is InChI=1S/C12H13N5/c1-8-12(14)9(2)17(16-8)7-10-3-4-15-11(5-10)6-13/h3-5H,7,14H2,1-2H3. The number of aromatic nitrogens is 3. The van der Waals surface area contributed by atoms with E-state index in [0.717, 1.165) is 22.6 Å². The summed E-state index contributed by atoms with van der Waals surface area (Å²) in [7, 11) is 0. The number of nitrogens with zero attached hydrogens (tertiary/aromatic N) is 4. The molecule has 5 nitrogen and oxygen atoms in total. The van der Waals surface area contributed by atoms with Crippen LogP contribution in [0.1, 0.15) is 22.6 Å². The van der Waals surface area contributed by atoms with Crippen LogP contribution in [-0.2, 0) is 6.54 Å². The van der Waals surface area contributed by atoms with Gasteiger partial charge in [-0.25, -0.2) is 4.98 Å². The van der Waals surface area contributed by atoms with Crippen molar-refractivity contribution < 1.29 is 0 Å². The molecular formula is C12H13N5. The molecule has 0 aliphatic heterocycles. The molecule has 0 aliphatic carbocycles. The molecule has 0 aliphatic rings. The van der Waals surface area contributed by atoms with Crippen molar-refractivity contribution >= 4 is 5.69 Å². The minimum atomic E-state index is 0.414. The van der Waals surface area contributed by atoms with Gasteiger partial charge in [0.15, 0.2) is 0 Å². The molecule has 2 heterocycles. The zero-order valence-electron chi connectivity index (χ0n) is 9.81. The summed E-state index contributed by atoms with van der Waals surface area (Å²) < 4.78 is 1.83. The van der Waals surface area contributed by atoms with Gasteiger partial charge in [-0.2, -0.15) is 10.4 Å². The van der Waals surface area contributed by atoms with Gasteiger partial charge in [-0.1, -0.05) is 0 Å². The van der Waals surface area contributed by atoms with Crippen molar-refractivity contribution in [1.82, 2.24) is 14.8 Å². The number of rotatable bonds is 2. The van der Waals surface area contributed by atoms with Crippen molar-refractivity contribution in [3.8, 4) is 6.07 Å². The number of nitrogen functional groups attached to an aromatic ring is 1. The van der Waals surface area contributed by atoms with Crippen LogP contribution >= 0.6 is 0 Å². The highest BCUT2D eigenvalue weighted by Gasteiger charge is 2.08. The summed E-state index contributed by atoms with van der Waals surface area (Å²) in [6.45, 7) is 4.41. The van der Waals surface area contributed by atoms with E-state index in [-0.39, 0.29) is 0 Å². The summed E-state index contributed by atoms with van der Waals surface area (Å²) in [6.07, 6.45) is 1.63. The van der Waals surface area contributed by atoms with Crippen LogP contribution < -0.4 is 5.73 Å². The molecular weight excluding hydrogens is 214 g/mol. The Kier molecular flexibility index (Phi) is 2.79. The lowest BCUT2D eigenvalue weighted by Gasteiger charge is -2.04. The summed E-state index contributed by atoms with van der Waals surface area (Å²) in [6, 6.07) is 5.64. The van der Waals surface area contributed by atoms with Gasteiger partial charge in [-0.15, -0.1) is 0 Å². The third-order valence-corrected chi connectivity index (χ3v) is 2.71. The van der Waals surface area contributed by atoms with E-state index >= 15 is 0 Å². The Morgan fingerprint density at radius 2 is 2.24 bits per heavy atom. The third kappa shape index (κ3) is 2.11. The zero-order chi connectivity index (χ0) is 12.4.